The molecule has 0 aromatic heterocycles. The summed E-state index contributed by atoms with van der Waals surface area (Å²) in [6.07, 6.45) is 2.53. The van der Waals surface area contributed by atoms with Crippen molar-refractivity contribution in [3.05, 3.63) is 81.3 Å². The molecular formula is C27H32O6Ti. The first-order chi connectivity index (χ1) is 15.1. The van der Waals surface area contributed by atoms with Gasteiger partial charge in [-0.2, -0.15) is 0 Å². The van der Waals surface area contributed by atoms with E-state index in [4.69, 9.17) is 0 Å². The second-order valence-electron chi connectivity index (χ2n) is 8.05. The number of aryl methyl sites for hydroxylation is 4. The number of hydrogen-bond donors (Lipinski definition) is 0. The van der Waals surface area contributed by atoms with Gasteiger partial charge < -0.3 is 20.4 Å². The Labute approximate surface area is 217 Å². The minimum absolute atomic E-state index is 0. The second kappa shape index (κ2) is 15.9. The molecule has 0 bridgehead atoms. The molecule has 0 aliphatic carbocycles. The molecule has 0 aliphatic rings. The zero-order chi connectivity index (χ0) is 25.9. The molecule has 0 saturated heterocycles. The van der Waals surface area contributed by atoms with Gasteiger partial charge in [0.15, 0.2) is 11.6 Å². The van der Waals surface area contributed by atoms with Crippen LogP contribution in [-0.4, -0.2) is 11.6 Å². The molecule has 0 atom stereocenters. The predicted octanol–water partition coefficient (Wildman–Crippen LogP) is 2.33. The van der Waals surface area contributed by atoms with Gasteiger partial charge in [-0.15, -0.1) is 23.0 Å². The van der Waals surface area contributed by atoms with Crippen LogP contribution >= 0.6 is 0 Å². The summed E-state index contributed by atoms with van der Waals surface area (Å²) in [4.78, 5) is 20.0. The van der Waals surface area contributed by atoms with Crippen molar-refractivity contribution in [3.8, 4) is 11.5 Å². The molecule has 0 amide bonds. The van der Waals surface area contributed by atoms with Gasteiger partial charge in [0.05, 0.1) is 0 Å². The number of carbonyl (C=O) groups is 2. The molecule has 6 nitrogen and oxygen atoms in total. The predicted molar refractivity (Wildman–Crippen MR) is 122 cm³/mol. The Morgan fingerprint density at radius 1 is 0.676 bits per heavy atom. The van der Waals surface area contributed by atoms with E-state index in [1.165, 1.54) is 27.7 Å². The first-order valence-electron chi connectivity index (χ1n) is 10.4. The second-order valence-corrected chi connectivity index (χ2v) is 8.05. The molecule has 2 aromatic carbocycles. The molecule has 0 radical (unpaired) electrons. The molecule has 0 fully saturated rings. The van der Waals surface area contributed by atoms with Gasteiger partial charge in [0, 0.05) is 0 Å². The van der Waals surface area contributed by atoms with Crippen LogP contribution in [-0.2, 0) is 37.7 Å². The third-order valence-corrected chi connectivity index (χ3v) is 4.19. The molecule has 2 aromatic rings. The van der Waals surface area contributed by atoms with Crippen LogP contribution in [0.3, 0.4) is 0 Å². The van der Waals surface area contributed by atoms with Crippen molar-refractivity contribution in [2.45, 2.75) is 61.8 Å². The summed E-state index contributed by atoms with van der Waals surface area (Å²) < 4.78 is 0. The first-order valence-corrected chi connectivity index (χ1v) is 10.4. The van der Waals surface area contributed by atoms with E-state index < -0.39 is 0 Å². The Morgan fingerprint density at radius 2 is 0.971 bits per heavy atom. The summed E-state index contributed by atoms with van der Waals surface area (Å²) >= 11 is 0. The number of ketones is 2. The first kappa shape index (κ1) is 33.3. The topological polar surface area (TPSA) is 126 Å². The number of carbonyl (C=O) groups excluding carboxylic acids is 2. The summed E-state index contributed by atoms with van der Waals surface area (Å²) in [5, 5.41) is 44.2. The van der Waals surface area contributed by atoms with Gasteiger partial charge in [0.25, 0.3) is 0 Å². The minimum atomic E-state index is -0.187. The maximum Gasteiger partial charge on any atom is 4.00 e. The molecule has 0 spiro atoms. The van der Waals surface area contributed by atoms with E-state index in [1.807, 2.05) is 52.0 Å². The van der Waals surface area contributed by atoms with E-state index in [2.05, 4.69) is 0 Å². The van der Waals surface area contributed by atoms with Crippen molar-refractivity contribution in [2.24, 2.45) is 0 Å². The summed E-state index contributed by atoms with van der Waals surface area (Å²) in [5.41, 5.74) is 5.02. The maximum atomic E-state index is 12.1. The number of rotatable bonds is 4. The smallest absolute Gasteiger partial charge is 0.876 e. The van der Waals surface area contributed by atoms with E-state index in [1.54, 1.807) is 0 Å². The van der Waals surface area contributed by atoms with E-state index in [0.29, 0.717) is 17.5 Å². The van der Waals surface area contributed by atoms with Gasteiger partial charge in [-0.1, -0.05) is 71.5 Å². The fraction of sp³-hybridized carbons (Fsp3) is 0.333. The molecule has 0 aliphatic heterocycles. The molecular weight excluding hydrogens is 468 g/mol. The molecule has 7 heteroatoms. The Kier molecular flexibility index (Phi) is 15.6. The molecule has 0 N–H and O–H groups in total. The third-order valence-electron chi connectivity index (χ3n) is 4.19. The van der Waals surface area contributed by atoms with Crippen LogP contribution in [0.4, 0.5) is 0 Å². The fourth-order valence-electron chi connectivity index (χ4n) is 3.12. The average molecular weight is 500 g/mol. The van der Waals surface area contributed by atoms with E-state index in [0.717, 1.165) is 34.4 Å². The summed E-state index contributed by atoms with van der Waals surface area (Å²) in [5.74, 6) is -0.659. The monoisotopic (exact) mass is 500 g/mol. The van der Waals surface area contributed by atoms with E-state index in [-0.39, 0.29) is 56.3 Å². The minimum Gasteiger partial charge on any atom is -0.876 e. The van der Waals surface area contributed by atoms with E-state index in [9.17, 15) is 30.0 Å². The summed E-state index contributed by atoms with van der Waals surface area (Å²) in [7, 11) is 0. The molecule has 0 saturated carbocycles. The van der Waals surface area contributed by atoms with E-state index >= 15 is 0 Å². The number of hydrogen-bond acceptors (Lipinski definition) is 6. The zero-order valence-corrected chi connectivity index (χ0v) is 22.7. The van der Waals surface area contributed by atoms with Gasteiger partial charge in [0.2, 0.25) is 0 Å². The zero-order valence-electron chi connectivity index (χ0n) is 21.1. The average Bonchev–Trinajstić information content (AvgIpc) is 2.62. The van der Waals surface area contributed by atoms with Gasteiger partial charge in [-0.25, -0.2) is 0 Å². The van der Waals surface area contributed by atoms with Crippen LogP contribution in [0.15, 0.2) is 47.9 Å². The Morgan fingerprint density at radius 3 is 1.18 bits per heavy atom. The normalized spacial score (nSPS) is 10.7. The van der Waals surface area contributed by atoms with Gasteiger partial charge >= 0.3 is 21.7 Å². The van der Waals surface area contributed by atoms with Gasteiger partial charge in [0.1, 0.15) is 0 Å². The van der Waals surface area contributed by atoms with Crippen molar-refractivity contribution in [1.82, 2.24) is 0 Å². The van der Waals surface area contributed by atoms with Crippen molar-refractivity contribution < 1.29 is 51.7 Å². The van der Waals surface area contributed by atoms with Crippen molar-refractivity contribution in [3.63, 3.8) is 0 Å². The molecule has 0 unspecified atom stereocenters. The Balaban J connectivity index is 0. The largest absolute Gasteiger partial charge is 4.00 e. The summed E-state index contributed by atoms with van der Waals surface area (Å²) in [6.45, 7) is 13.0. The van der Waals surface area contributed by atoms with Crippen molar-refractivity contribution in [2.75, 3.05) is 0 Å². The van der Waals surface area contributed by atoms with Crippen LogP contribution in [0.5, 0.6) is 11.5 Å². The quantitative estimate of drug-likeness (QED) is 0.360. The standard InChI is InChI=1S/C17H20O2.2C5H8O2.Ti/c1-10-5-12(3)16(18)14(7-10)9-15-8-11(2)6-13(4)17(15)19;2*1-4(6)3-5(2)7;/h5-8,18-19H,9H2,1-4H3;2*3,6H,1-2H3;/q;;;+4/p-4/b;2*4-3-;. The molecule has 180 valence electrons. The Hall–Kier alpha value is -2.83. The van der Waals surface area contributed by atoms with Crippen LogP contribution in [0.1, 0.15) is 61.1 Å². The van der Waals surface area contributed by atoms with Gasteiger partial charge in [-0.3, -0.25) is 9.59 Å². The van der Waals surface area contributed by atoms with Gasteiger partial charge in [-0.05, 0) is 60.1 Å². The summed E-state index contributed by atoms with van der Waals surface area (Å²) in [6, 6.07) is 7.52. The van der Waals surface area contributed by atoms with Crippen LogP contribution in [0, 0.1) is 27.7 Å². The fourth-order valence-corrected chi connectivity index (χ4v) is 3.12. The van der Waals surface area contributed by atoms with Crippen LogP contribution in [0.25, 0.3) is 0 Å². The van der Waals surface area contributed by atoms with Crippen molar-refractivity contribution >= 4 is 11.6 Å². The number of benzene rings is 2. The van der Waals surface area contributed by atoms with Crippen LogP contribution < -0.4 is 20.4 Å². The molecule has 34 heavy (non-hydrogen) atoms. The number of allylic oxidation sites excluding steroid dienone is 4. The molecule has 0 heterocycles. The Bertz CT molecular complexity index is 960. The molecule has 2 rings (SSSR count). The SMILES string of the molecule is CC(=O)/C=C(/C)[O-].CC(=O)/C=C(/C)[O-].Cc1cc(C)c([O-])c(Cc2cc(C)cc(C)c2[O-])c1.[Ti+4]. The van der Waals surface area contributed by atoms with Crippen LogP contribution in [0.2, 0.25) is 0 Å². The maximum absolute atomic E-state index is 12.1. The third kappa shape index (κ3) is 13.7. The van der Waals surface area contributed by atoms with Crippen molar-refractivity contribution in [1.29, 1.82) is 0 Å².